The van der Waals surface area contributed by atoms with Crippen LogP contribution in [0.2, 0.25) is 0 Å². The quantitative estimate of drug-likeness (QED) is 0.742. The molecular formula is C22H30N4O4. The highest BCUT2D eigenvalue weighted by molar-refractivity contribution is 5.95. The molecule has 1 saturated heterocycles. The minimum Gasteiger partial charge on any atom is -0.489 e. The van der Waals surface area contributed by atoms with E-state index in [0.29, 0.717) is 23.6 Å². The first-order valence-electron chi connectivity index (χ1n) is 10.2. The second-order valence-electron chi connectivity index (χ2n) is 7.64. The highest BCUT2D eigenvalue weighted by atomic mass is 16.5. The van der Waals surface area contributed by atoms with Crippen LogP contribution in [0.3, 0.4) is 0 Å². The summed E-state index contributed by atoms with van der Waals surface area (Å²) in [4.78, 5) is 25.2. The number of pyridine rings is 2. The molecule has 0 aliphatic carbocycles. The molecule has 1 aliphatic rings. The Morgan fingerprint density at radius 1 is 1.30 bits per heavy atom. The molecule has 0 spiro atoms. The highest BCUT2D eigenvalue weighted by Gasteiger charge is 2.25. The number of aliphatic hydroxyl groups excluding tert-OH is 1. The van der Waals surface area contributed by atoms with Gasteiger partial charge in [0.05, 0.1) is 24.6 Å². The molecule has 8 heteroatoms. The zero-order valence-electron chi connectivity index (χ0n) is 18.1. The lowest BCUT2D eigenvalue weighted by Gasteiger charge is -2.34. The average molecular weight is 415 g/mol. The van der Waals surface area contributed by atoms with Crippen LogP contribution >= 0.6 is 0 Å². The van der Waals surface area contributed by atoms with Gasteiger partial charge in [-0.15, -0.1) is 0 Å². The number of hydrogen-bond acceptors (Lipinski definition) is 7. The Balaban J connectivity index is 1.69. The van der Waals surface area contributed by atoms with E-state index >= 15 is 0 Å². The molecule has 30 heavy (non-hydrogen) atoms. The van der Waals surface area contributed by atoms with Crippen LogP contribution in [0.25, 0.3) is 0 Å². The van der Waals surface area contributed by atoms with E-state index in [0.717, 1.165) is 43.1 Å². The highest BCUT2D eigenvalue weighted by Crippen LogP contribution is 2.27. The molecule has 2 aromatic heterocycles. The number of anilines is 1. The zero-order chi connectivity index (χ0) is 21.7. The maximum absolute atomic E-state index is 12.5. The van der Waals surface area contributed by atoms with Crippen molar-refractivity contribution in [2.45, 2.75) is 32.3 Å². The van der Waals surface area contributed by atoms with Gasteiger partial charge in [-0.25, -0.2) is 9.97 Å². The topological polar surface area (TPSA) is 88.0 Å². The molecular weight excluding hydrogens is 384 g/mol. The molecule has 0 saturated carbocycles. The van der Waals surface area contributed by atoms with Crippen LogP contribution in [0.15, 0.2) is 24.4 Å². The van der Waals surface area contributed by atoms with E-state index in [9.17, 15) is 9.90 Å². The summed E-state index contributed by atoms with van der Waals surface area (Å²) in [5.41, 5.74) is 2.15. The summed E-state index contributed by atoms with van der Waals surface area (Å²) in [6.07, 6.45) is 3.87. The predicted molar refractivity (Wildman–Crippen MR) is 114 cm³/mol. The standard InChI is InChI=1S/C22H30N4O4/c1-15-13-18(22(28)25(2)3)19(9-12-27)24-21(15)26-10-7-16(8-11-26)30-17-5-6-20(29-4)23-14-17/h5-6,13-14,16,27H,7-12H2,1-4H3. The van der Waals surface area contributed by atoms with Crippen molar-refractivity contribution in [1.29, 1.82) is 0 Å². The molecule has 2 aromatic rings. The summed E-state index contributed by atoms with van der Waals surface area (Å²) in [6.45, 7) is 3.54. The van der Waals surface area contributed by atoms with Gasteiger partial charge >= 0.3 is 0 Å². The fraction of sp³-hybridized carbons (Fsp3) is 0.500. The van der Waals surface area contributed by atoms with Gasteiger partial charge in [-0.3, -0.25) is 4.79 Å². The number of carbonyl (C=O) groups excluding carboxylic acids is 1. The number of ether oxygens (including phenoxy) is 2. The van der Waals surface area contributed by atoms with Gasteiger partial charge in [0.1, 0.15) is 17.7 Å². The van der Waals surface area contributed by atoms with Gasteiger partial charge in [0, 0.05) is 59.1 Å². The molecule has 1 aliphatic heterocycles. The minimum atomic E-state index is -0.0965. The SMILES string of the molecule is COc1ccc(OC2CCN(c3nc(CCO)c(C(=O)N(C)C)cc3C)CC2)cn1. The number of nitrogens with zero attached hydrogens (tertiary/aromatic N) is 4. The number of aryl methyl sites for hydroxylation is 1. The summed E-state index contributed by atoms with van der Waals surface area (Å²) in [5, 5.41) is 9.43. The van der Waals surface area contributed by atoms with Gasteiger partial charge in [0.15, 0.2) is 0 Å². The second kappa shape index (κ2) is 9.75. The number of hydrogen-bond donors (Lipinski definition) is 1. The molecule has 0 unspecified atom stereocenters. The first kappa shape index (κ1) is 21.8. The largest absolute Gasteiger partial charge is 0.489 e. The summed E-state index contributed by atoms with van der Waals surface area (Å²) in [5.74, 6) is 2.08. The molecule has 0 aromatic carbocycles. The van der Waals surface area contributed by atoms with Crippen LogP contribution in [0.5, 0.6) is 11.6 Å². The molecule has 0 bridgehead atoms. The van der Waals surface area contributed by atoms with Crippen LogP contribution in [0.4, 0.5) is 5.82 Å². The number of carbonyl (C=O) groups is 1. The Morgan fingerprint density at radius 2 is 2.03 bits per heavy atom. The van der Waals surface area contributed by atoms with Crippen molar-refractivity contribution >= 4 is 11.7 Å². The average Bonchev–Trinajstić information content (AvgIpc) is 2.75. The Labute approximate surface area is 177 Å². The second-order valence-corrected chi connectivity index (χ2v) is 7.64. The molecule has 1 amide bonds. The molecule has 1 N–H and O–H groups in total. The van der Waals surface area contributed by atoms with Crippen molar-refractivity contribution in [3.8, 4) is 11.6 Å². The smallest absolute Gasteiger partial charge is 0.255 e. The van der Waals surface area contributed by atoms with E-state index in [-0.39, 0.29) is 18.6 Å². The monoisotopic (exact) mass is 414 g/mol. The first-order valence-corrected chi connectivity index (χ1v) is 10.2. The lowest BCUT2D eigenvalue weighted by atomic mass is 10.0. The van der Waals surface area contributed by atoms with Crippen molar-refractivity contribution in [2.75, 3.05) is 45.8 Å². The van der Waals surface area contributed by atoms with Gasteiger partial charge in [-0.05, 0) is 24.6 Å². The van der Waals surface area contributed by atoms with E-state index in [1.807, 2.05) is 19.1 Å². The summed E-state index contributed by atoms with van der Waals surface area (Å²) < 4.78 is 11.1. The van der Waals surface area contributed by atoms with Crippen LogP contribution < -0.4 is 14.4 Å². The molecule has 3 rings (SSSR count). The molecule has 8 nitrogen and oxygen atoms in total. The summed E-state index contributed by atoms with van der Waals surface area (Å²) >= 11 is 0. The van der Waals surface area contributed by atoms with E-state index < -0.39 is 0 Å². The normalized spacial score (nSPS) is 14.5. The van der Waals surface area contributed by atoms with Crippen molar-refractivity contribution in [3.05, 3.63) is 41.2 Å². The fourth-order valence-corrected chi connectivity index (χ4v) is 3.62. The molecule has 1 fully saturated rings. The van der Waals surface area contributed by atoms with E-state index in [4.69, 9.17) is 14.5 Å². The fourth-order valence-electron chi connectivity index (χ4n) is 3.62. The number of piperidine rings is 1. The molecule has 162 valence electrons. The van der Waals surface area contributed by atoms with Crippen molar-refractivity contribution in [3.63, 3.8) is 0 Å². The Kier molecular flexibility index (Phi) is 7.10. The molecule has 3 heterocycles. The van der Waals surface area contributed by atoms with Crippen LogP contribution in [-0.4, -0.2) is 72.9 Å². The van der Waals surface area contributed by atoms with Gasteiger partial charge in [-0.1, -0.05) is 0 Å². The van der Waals surface area contributed by atoms with E-state index in [2.05, 4.69) is 9.88 Å². The van der Waals surface area contributed by atoms with Crippen molar-refractivity contribution in [2.24, 2.45) is 0 Å². The zero-order valence-corrected chi connectivity index (χ0v) is 18.1. The number of aliphatic hydroxyl groups is 1. The van der Waals surface area contributed by atoms with Gasteiger partial charge < -0.3 is 24.4 Å². The first-order chi connectivity index (χ1) is 14.4. The van der Waals surface area contributed by atoms with E-state index in [1.54, 1.807) is 33.5 Å². The van der Waals surface area contributed by atoms with Gasteiger partial charge in [0.25, 0.3) is 5.91 Å². The maximum atomic E-state index is 12.5. The molecule has 0 radical (unpaired) electrons. The van der Waals surface area contributed by atoms with Gasteiger partial charge in [0.2, 0.25) is 5.88 Å². The Morgan fingerprint density at radius 3 is 2.60 bits per heavy atom. The Bertz CT molecular complexity index is 862. The molecule has 0 atom stereocenters. The van der Waals surface area contributed by atoms with Crippen LogP contribution in [0, 0.1) is 6.92 Å². The third kappa shape index (κ3) is 4.99. The predicted octanol–water partition coefficient (Wildman–Crippen LogP) is 2.08. The number of aromatic nitrogens is 2. The van der Waals surface area contributed by atoms with Crippen molar-refractivity contribution in [1.82, 2.24) is 14.9 Å². The third-order valence-corrected chi connectivity index (χ3v) is 5.21. The van der Waals surface area contributed by atoms with E-state index in [1.165, 1.54) is 4.90 Å². The number of amides is 1. The number of rotatable bonds is 7. The third-order valence-electron chi connectivity index (χ3n) is 5.21. The maximum Gasteiger partial charge on any atom is 0.255 e. The van der Waals surface area contributed by atoms with Crippen LogP contribution in [0.1, 0.15) is 34.5 Å². The van der Waals surface area contributed by atoms with Crippen LogP contribution in [-0.2, 0) is 6.42 Å². The van der Waals surface area contributed by atoms with Crippen molar-refractivity contribution < 1.29 is 19.4 Å². The lowest BCUT2D eigenvalue weighted by molar-refractivity contribution is 0.0825. The van der Waals surface area contributed by atoms with Gasteiger partial charge in [-0.2, -0.15) is 0 Å². The number of methoxy groups -OCH3 is 1. The lowest BCUT2D eigenvalue weighted by Crippen LogP contribution is -2.39. The summed E-state index contributed by atoms with van der Waals surface area (Å²) in [6, 6.07) is 5.55. The summed E-state index contributed by atoms with van der Waals surface area (Å²) in [7, 11) is 5.03. The Hall–Kier alpha value is -2.87. The minimum absolute atomic E-state index is 0.0466.